The molecular formula is C13H15ClN2OS2. The van der Waals surface area contributed by atoms with Crippen molar-refractivity contribution in [3.05, 3.63) is 36.9 Å². The minimum Gasteiger partial charge on any atom is -0.333 e. The predicted molar refractivity (Wildman–Crippen MR) is 81.4 cm³/mol. The van der Waals surface area contributed by atoms with Crippen molar-refractivity contribution in [2.24, 2.45) is 0 Å². The highest BCUT2D eigenvalue weighted by atomic mass is 35.5. The van der Waals surface area contributed by atoms with Crippen LogP contribution in [0.1, 0.15) is 38.2 Å². The van der Waals surface area contributed by atoms with Crippen LogP contribution in [-0.2, 0) is 0 Å². The molecule has 0 aliphatic heterocycles. The number of hydrogen-bond donors (Lipinski definition) is 0. The van der Waals surface area contributed by atoms with Crippen LogP contribution in [0.5, 0.6) is 0 Å². The van der Waals surface area contributed by atoms with Crippen molar-refractivity contribution in [3.63, 3.8) is 0 Å². The summed E-state index contributed by atoms with van der Waals surface area (Å²) in [6, 6.07) is 3.46. The summed E-state index contributed by atoms with van der Waals surface area (Å²) in [5.41, 5.74) is 0.973. The molecule has 0 saturated heterocycles. The van der Waals surface area contributed by atoms with Crippen LogP contribution in [-0.4, -0.2) is 22.8 Å². The van der Waals surface area contributed by atoms with Crippen molar-refractivity contribution in [2.45, 2.75) is 26.8 Å². The summed E-state index contributed by atoms with van der Waals surface area (Å²) < 4.78 is 0.630. The van der Waals surface area contributed by atoms with Gasteiger partial charge >= 0.3 is 0 Å². The Morgan fingerprint density at radius 3 is 2.53 bits per heavy atom. The number of hydrogen-bond acceptors (Lipinski definition) is 4. The van der Waals surface area contributed by atoms with Crippen molar-refractivity contribution in [3.8, 4) is 0 Å². The summed E-state index contributed by atoms with van der Waals surface area (Å²) in [5, 5.41) is 1.03. The maximum atomic E-state index is 12.3. The molecule has 2 heterocycles. The lowest BCUT2D eigenvalue weighted by molar-refractivity contribution is 0.0744. The molecule has 102 valence electrons. The first-order valence-corrected chi connectivity index (χ1v) is 7.87. The lowest BCUT2D eigenvalue weighted by atomic mass is 10.2. The Morgan fingerprint density at radius 1 is 1.37 bits per heavy atom. The van der Waals surface area contributed by atoms with Crippen molar-refractivity contribution in [1.29, 1.82) is 0 Å². The van der Waals surface area contributed by atoms with Crippen molar-refractivity contribution in [2.75, 3.05) is 7.05 Å². The fourth-order valence-corrected chi connectivity index (χ4v) is 3.83. The summed E-state index contributed by atoms with van der Waals surface area (Å²) in [4.78, 5) is 20.4. The van der Waals surface area contributed by atoms with Crippen molar-refractivity contribution < 1.29 is 4.79 Å². The van der Waals surface area contributed by atoms with Gasteiger partial charge in [-0.1, -0.05) is 11.6 Å². The molecule has 2 aromatic rings. The average Bonchev–Trinajstić information content (AvgIpc) is 2.92. The van der Waals surface area contributed by atoms with E-state index < -0.39 is 0 Å². The molecule has 0 aliphatic carbocycles. The van der Waals surface area contributed by atoms with E-state index in [9.17, 15) is 4.79 Å². The second-order valence-electron chi connectivity index (χ2n) is 4.37. The van der Waals surface area contributed by atoms with Crippen LogP contribution < -0.4 is 0 Å². The van der Waals surface area contributed by atoms with Gasteiger partial charge in [0.05, 0.1) is 26.0 Å². The molecule has 2 rings (SSSR count). The summed E-state index contributed by atoms with van der Waals surface area (Å²) >= 11 is 8.83. The molecule has 0 spiro atoms. The number of thiazole rings is 1. The second-order valence-corrected chi connectivity index (χ2v) is 7.49. The molecule has 19 heavy (non-hydrogen) atoms. The van der Waals surface area contributed by atoms with Crippen LogP contribution in [0.3, 0.4) is 0 Å². The highest BCUT2D eigenvalue weighted by Crippen LogP contribution is 2.29. The minimum atomic E-state index is -0.0432. The fourth-order valence-electron chi connectivity index (χ4n) is 1.89. The van der Waals surface area contributed by atoms with Crippen LogP contribution in [0, 0.1) is 13.8 Å². The van der Waals surface area contributed by atoms with E-state index in [1.807, 2.05) is 20.8 Å². The third kappa shape index (κ3) is 2.99. The summed E-state index contributed by atoms with van der Waals surface area (Å²) in [6.45, 7) is 6.01. The highest BCUT2D eigenvalue weighted by molar-refractivity contribution is 7.18. The molecule has 6 heteroatoms. The molecule has 2 aromatic heterocycles. The van der Waals surface area contributed by atoms with Gasteiger partial charge in [0.25, 0.3) is 5.91 Å². The van der Waals surface area contributed by atoms with Gasteiger partial charge in [-0.15, -0.1) is 22.7 Å². The van der Waals surface area contributed by atoms with E-state index in [1.165, 1.54) is 11.3 Å². The number of amides is 1. The standard InChI is InChI=1S/C13H15ClN2OS2/c1-7(12-8(2)18-9(3)15-12)16(4)13(17)10-5-6-11(14)19-10/h5-7H,1-4H3/t7-/m1/s1. The Morgan fingerprint density at radius 2 is 2.05 bits per heavy atom. The van der Waals surface area contributed by atoms with Gasteiger partial charge in [-0.2, -0.15) is 0 Å². The first-order chi connectivity index (χ1) is 8.90. The molecular weight excluding hydrogens is 300 g/mol. The van der Waals surface area contributed by atoms with E-state index in [-0.39, 0.29) is 11.9 Å². The predicted octanol–water partition coefficient (Wildman–Crippen LogP) is 4.31. The molecule has 0 radical (unpaired) electrons. The number of thiophene rings is 1. The Hall–Kier alpha value is -0.910. The molecule has 0 unspecified atom stereocenters. The molecule has 0 saturated carbocycles. The van der Waals surface area contributed by atoms with Crippen molar-refractivity contribution >= 4 is 40.2 Å². The van der Waals surface area contributed by atoms with Gasteiger partial charge in [-0.05, 0) is 32.9 Å². The monoisotopic (exact) mass is 314 g/mol. The zero-order valence-electron chi connectivity index (χ0n) is 11.2. The molecule has 0 fully saturated rings. The van der Waals surface area contributed by atoms with Crippen LogP contribution in [0.4, 0.5) is 0 Å². The Labute approximate surface area is 125 Å². The first-order valence-electron chi connectivity index (χ1n) is 5.86. The van der Waals surface area contributed by atoms with Gasteiger partial charge in [-0.3, -0.25) is 4.79 Å². The molecule has 0 bridgehead atoms. The van der Waals surface area contributed by atoms with E-state index >= 15 is 0 Å². The van der Waals surface area contributed by atoms with E-state index in [0.29, 0.717) is 9.21 Å². The molecule has 3 nitrogen and oxygen atoms in total. The third-order valence-electron chi connectivity index (χ3n) is 3.02. The van der Waals surface area contributed by atoms with Gasteiger partial charge < -0.3 is 4.90 Å². The van der Waals surface area contributed by atoms with Crippen LogP contribution in [0.25, 0.3) is 0 Å². The molecule has 0 aromatic carbocycles. The number of aryl methyl sites for hydroxylation is 2. The van der Waals surface area contributed by atoms with Crippen LogP contribution in [0.2, 0.25) is 4.34 Å². The largest absolute Gasteiger partial charge is 0.333 e. The second kappa shape index (κ2) is 5.61. The SMILES string of the molecule is Cc1nc([C@@H](C)N(C)C(=O)c2ccc(Cl)s2)c(C)s1. The van der Waals surface area contributed by atoms with E-state index in [2.05, 4.69) is 4.98 Å². The molecule has 0 N–H and O–H groups in total. The summed E-state index contributed by atoms with van der Waals surface area (Å²) in [5.74, 6) is -0.0190. The zero-order valence-corrected chi connectivity index (χ0v) is 13.6. The Bertz CT molecular complexity index is 606. The number of rotatable bonds is 3. The fraction of sp³-hybridized carbons (Fsp3) is 0.385. The Balaban J connectivity index is 2.21. The maximum absolute atomic E-state index is 12.3. The summed E-state index contributed by atoms with van der Waals surface area (Å²) in [6.07, 6.45) is 0. The van der Waals surface area contributed by atoms with Crippen LogP contribution in [0.15, 0.2) is 12.1 Å². The number of halogens is 1. The normalized spacial score (nSPS) is 12.5. The number of nitrogens with zero attached hydrogens (tertiary/aromatic N) is 2. The zero-order chi connectivity index (χ0) is 14.2. The van der Waals surface area contributed by atoms with Crippen molar-refractivity contribution in [1.82, 2.24) is 9.88 Å². The molecule has 1 amide bonds. The summed E-state index contributed by atoms with van der Waals surface area (Å²) in [7, 11) is 1.80. The number of carbonyl (C=O) groups excluding carboxylic acids is 1. The smallest absolute Gasteiger partial charge is 0.264 e. The van der Waals surface area contributed by atoms with Gasteiger partial charge in [0.1, 0.15) is 0 Å². The third-order valence-corrected chi connectivity index (χ3v) is 5.14. The van der Waals surface area contributed by atoms with Crippen LogP contribution >= 0.6 is 34.3 Å². The lowest BCUT2D eigenvalue weighted by Gasteiger charge is -2.23. The van der Waals surface area contributed by atoms with Gasteiger partial charge in [0, 0.05) is 11.9 Å². The van der Waals surface area contributed by atoms with E-state index in [1.54, 1.807) is 35.4 Å². The number of aromatic nitrogens is 1. The average molecular weight is 315 g/mol. The van der Waals surface area contributed by atoms with E-state index in [0.717, 1.165) is 15.6 Å². The minimum absolute atomic E-state index is 0.0190. The Kier molecular flexibility index (Phi) is 4.28. The van der Waals surface area contributed by atoms with E-state index in [4.69, 9.17) is 11.6 Å². The van der Waals surface area contributed by atoms with Gasteiger partial charge in [-0.25, -0.2) is 4.98 Å². The topological polar surface area (TPSA) is 33.2 Å². The molecule has 1 atom stereocenters. The first kappa shape index (κ1) is 14.5. The lowest BCUT2D eigenvalue weighted by Crippen LogP contribution is -2.29. The maximum Gasteiger partial charge on any atom is 0.264 e. The van der Waals surface area contributed by atoms with Gasteiger partial charge in [0.15, 0.2) is 0 Å². The van der Waals surface area contributed by atoms with Gasteiger partial charge in [0.2, 0.25) is 0 Å². The molecule has 0 aliphatic rings. The quantitative estimate of drug-likeness (QED) is 0.846. The number of carbonyl (C=O) groups is 1. The highest BCUT2D eigenvalue weighted by Gasteiger charge is 2.23.